The van der Waals surface area contributed by atoms with Crippen LogP contribution >= 0.6 is 0 Å². The number of nitrogens with one attached hydrogen (secondary N) is 1. The topological polar surface area (TPSA) is 15.3 Å². The third-order valence-electron chi connectivity index (χ3n) is 5.30. The van der Waals surface area contributed by atoms with E-state index in [1.807, 2.05) is 0 Å². The van der Waals surface area contributed by atoms with Crippen LogP contribution in [0, 0.1) is 5.41 Å². The average molecular weight is 252 g/mol. The molecule has 1 saturated heterocycles. The lowest BCUT2D eigenvalue weighted by molar-refractivity contribution is 0.0355. The molecule has 2 aliphatic rings. The molecule has 0 aromatic rings. The molecule has 0 radical (unpaired) electrons. The SMILES string of the molecule is CCC(C)(C)CN1CC2(CCCCC2)NCC1C. The summed E-state index contributed by atoms with van der Waals surface area (Å²) in [5.74, 6) is 0. The van der Waals surface area contributed by atoms with Gasteiger partial charge in [-0.3, -0.25) is 4.90 Å². The number of nitrogens with zero attached hydrogens (tertiary/aromatic N) is 1. The largest absolute Gasteiger partial charge is 0.308 e. The molecule has 2 fully saturated rings. The van der Waals surface area contributed by atoms with Crippen molar-refractivity contribution in [3.63, 3.8) is 0 Å². The fraction of sp³-hybridized carbons (Fsp3) is 1.00. The Morgan fingerprint density at radius 1 is 1.22 bits per heavy atom. The number of piperazine rings is 1. The molecule has 2 nitrogen and oxygen atoms in total. The highest BCUT2D eigenvalue weighted by molar-refractivity contribution is 4.99. The summed E-state index contributed by atoms with van der Waals surface area (Å²) in [6.45, 7) is 13.2. The summed E-state index contributed by atoms with van der Waals surface area (Å²) in [6, 6.07) is 0.698. The van der Waals surface area contributed by atoms with E-state index in [2.05, 4.69) is 37.9 Å². The first-order valence-electron chi connectivity index (χ1n) is 7.95. The molecule has 0 aromatic carbocycles. The highest BCUT2D eigenvalue weighted by atomic mass is 15.3. The molecule has 1 unspecified atom stereocenters. The lowest BCUT2D eigenvalue weighted by atomic mass is 9.78. The Labute approximate surface area is 114 Å². The van der Waals surface area contributed by atoms with Gasteiger partial charge in [-0.25, -0.2) is 0 Å². The Morgan fingerprint density at radius 3 is 2.50 bits per heavy atom. The van der Waals surface area contributed by atoms with E-state index in [0.29, 0.717) is 17.0 Å². The van der Waals surface area contributed by atoms with Crippen molar-refractivity contribution in [3.8, 4) is 0 Å². The first-order chi connectivity index (χ1) is 8.46. The van der Waals surface area contributed by atoms with Gasteiger partial charge in [0.2, 0.25) is 0 Å². The molecule has 1 aliphatic heterocycles. The fourth-order valence-corrected chi connectivity index (χ4v) is 3.53. The molecule has 0 amide bonds. The van der Waals surface area contributed by atoms with Crippen molar-refractivity contribution in [2.24, 2.45) is 5.41 Å². The van der Waals surface area contributed by atoms with Crippen LogP contribution in [0.3, 0.4) is 0 Å². The van der Waals surface area contributed by atoms with Crippen molar-refractivity contribution in [3.05, 3.63) is 0 Å². The molecule has 1 heterocycles. The molecule has 1 atom stereocenters. The van der Waals surface area contributed by atoms with E-state index in [-0.39, 0.29) is 0 Å². The third-order valence-corrected chi connectivity index (χ3v) is 5.30. The zero-order valence-corrected chi connectivity index (χ0v) is 12.9. The molecule has 106 valence electrons. The summed E-state index contributed by atoms with van der Waals surface area (Å²) in [5, 5.41) is 3.88. The fourth-order valence-electron chi connectivity index (χ4n) is 3.53. The Hall–Kier alpha value is -0.0800. The number of hydrogen-bond acceptors (Lipinski definition) is 2. The van der Waals surface area contributed by atoms with E-state index in [0.717, 1.165) is 0 Å². The Balaban J connectivity index is 2.00. The zero-order valence-electron chi connectivity index (χ0n) is 12.9. The molecule has 2 heteroatoms. The Morgan fingerprint density at radius 2 is 1.89 bits per heavy atom. The molecule has 18 heavy (non-hydrogen) atoms. The van der Waals surface area contributed by atoms with Crippen molar-refractivity contribution < 1.29 is 0 Å². The molecule has 0 bridgehead atoms. The van der Waals surface area contributed by atoms with Crippen LogP contribution in [0.4, 0.5) is 0 Å². The molecule has 1 aliphatic carbocycles. The average Bonchev–Trinajstić information content (AvgIpc) is 2.35. The van der Waals surface area contributed by atoms with Crippen molar-refractivity contribution in [2.45, 2.75) is 77.8 Å². The monoisotopic (exact) mass is 252 g/mol. The summed E-state index contributed by atoms with van der Waals surface area (Å²) in [6.07, 6.45) is 8.35. The smallest absolute Gasteiger partial charge is 0.0309 e. The van der Waals surface area contributed by atoms with Gasteiger partial charge in [0.15, 0.2) is 0 Å². The molecule has 0 aromatic heterocycles. The second-order valence-corrected chi connectivity index (χ2v) is 7.49. The van der Waals surface area contributed by atoms with E-state index in [4.69, 9.17) is 0 Å². The normalized spacial score (nSPS) is 29.7. The number of hydrogen-bond donors (Lipinski definition) is 1. The van der Waals surface area contributed by atoms with Crippen molar-refractivity contribution in [1.82, 2.24) is 10.2 Å². The standard InChI is InChI=1S/C16H32N2/c1-5-15(3,4)12-18-13-16(17-11-14(18)2)9-7-6-8-10-16/h14,17H,5-13H2,1-4H3. The molecule has 1 spiro atoms. The number of rotatable bonds is 3. The van der Waals surface area contributed by atoms with Crippen molar-refractivity contribution in [1.29, 1.82) is 0 Å². The molecular formula is C16H32N2. The van der Waals surface area contributed by atoms with Crippen LogP contribution in [0.2, 0.25) is 0 Å². The predicted molar refractivity (Wildman–Crippen MR) is 78.9 cm³/mol. The van der Waals surface area contributed by atoms with Crippen LogP contribution in [0.25, 0.3) is 0 Å². The molecule has 2 rings (SSSR count). The van der Waals surface area contributed by atoms with Crippen molar-refractivity contribution in [2.75, 3.05) is 19.6 Å². The summed E-state index contributed by atoms with van der Waals surface area (Å²) >= 11 is 0. The predicted octanol–water partition coefficient (Wildman–Crippen LogP) is 3.42. The summed E-state index contributed by atoms with van der Waals surface area (Å²) in [5.41, 5.74) is 0.913. The Kier molecular flexibility index (Phi) is 4.38. The summed E-state index contributed by atoms with van der Waals surface area (Å²) in [7, 11) is 0. The minimum Gasteiger partial charge on any atom is -0.308 e. The van der Waals surface area contributed by atoms with Crippen molar-refractivity contribution >= 4 is 0 Å². The Bertz CT molecular complexity index is 266. The van der Waals surface area contributed by atoms with Crippen LogP contribution in [0.15, 0.2) is 0 Å². The first kappa shape index (κ1) is 14.3. The molecule has 1 saturated carbocycles. The van der Waals surface area contributed by atoms with Gasteiger partial charge in [0.1, 0.15) is 0 Å². The summed E-state index contributed by atoms with van der Waals surface area (Å²) < 4.78 is 0. The van der Waals surface area contributed by atoms with Gasteiger partial charge in [-0.1, -0.05) is 40.0 Å². The molecule has 1 N–H and O–H groups in total. The maximum atomic E-state index is 3.88. The van der Waals surface area contributed by atoms with Gasteiger partial charge < -0.3 is 5.32 Å². The van der Waals surface area contributed by atoms with Gasteiger partial charge >= 0.3 is 0 Å². The van der Waals surface area contributed by atoms with Gasteiger partial charge in [-0.15, -0.1) is 0 Å². The van der Waals surface area contributed by atoms with E-state index >= 15 is 0 Å². The van der Waals surface area contributed by atoms with E-state index in [9.17, 15) is 0 Å². The highest BCUT2D eigenvalue weighted by Crippen LogP contribution is 2.33. The van der Waals surface area contributed by atoms with Gasteiger partial charge in [0.05, 0.1) is 0 Å². The van der Waals surface area contributed by atoms with Crippen LogP contribution in [0.5, 0.6) is 0 Å². The summed E-state index contributed by atoms with van der Waals surface area (Å²) in [4.78, 5) is 2.76. The molecular weight excluding hydrogens is 220 g/mol. The van der Waals surface area contributed by atoms with Crippen LogP contribution < -0.4 is 5.32 Å². The van der Waals surface area contributed by atoms with Crippen LogP contribution in [-0.4, -0.2) is 36.1 Å². The van der Waals surface area contributed by atoms with Gasteiger partial charge in [-0.05, 0) is 31.6 Å². The van der Waals surface area contributed by atoms with E-state index in [1.165, 1.54) is 58.2 Å². The second kappa shape index (κ2) is 5.50. The van der Waals surface area contributed by atoms with Crippen LogP contribution in [-0.2, 0) is 0 Å². The lowest BCUT2D eigenvalue weighted by Gasteiger charge is -2.50. The van der Waals surface area contributed by atoms with E-state index in [1.54, 1.807) is 0 Å². The lowest BCUT2D eigenvalue weighted by Crippen LogP contribution is -2.65. The van der Waals surface area contributed by atoms with Gasteiger partial charge in [-0.2, -0.15) is 0 Å². The third kappa shape index (κ3) is 3.27. The maximum absolute atomic E-state index is 3.88. The maximum Gasteiger partial charge on any atom is 0.0309 e. The quantitative estimate of drug-likeness (QED) is 0.828. The van der Waals surface area contributed by atoms with Gasteiger partial charge in [0.25, 0.3) is 0 Å². The second-order valence-electron chi connectivity index (χ2n) is 7.49. The minimum absolute atomic E-state index is 0.453. The first-order valence-corrected chi connectivity index (χ1v) is 7.95. The minimum atomic E-state index is 0.453. The highest BCUT2D eigenvalue weighted by Gasteiger charge is 2.39. The zero-order chi connectivity index (χ0) is 13.2. The van der Waals surface area contributed by atoms with Crippen LogP contribution in [0.1, 0.15) is 66.2 Å². The van der Waals surface area contributed by atoms with Gasteiger partial charge in [0, 0.05) is 31.2 Å². The van der Waals surface area contributed by atoms with E-state index < -0.39 is 0 Å².